The monoisotopic (exact) mass is 273 g/mol. The van der Waals surface area contributed by atoms with Gasteiger partial charge in [-0.05, 0) is 47.6 Å². The number of fused-ring (bicyclic) bond motifs is 1. The Labute approximate surface area is 120 Å². The zero-order valence-electron chi connectivity index (χ0n) is 11.7. The van der Waals surface area contributed by atoms with Crippen LogP contribution in [-0.2, 0) is 6.54 Å². The second-order valence-corrected chi connectivity index (χ2v) is 6.86. The van der Waals surface area contributed by atoms with Crippen LogP contribution in [0.2, 0.25) is 0 Å². The summed E-state index contributed by atoms with van der Waals surface area (Å²) in [5.41, 5.74) is 1.47. The molecule has 1 aliphatic carbocycles. The summed E-state index contributed by atoms with van der Waals surface area (Å²) in [6.45, 7) is 3.43. The van der Waals surface area contributed by atoms with E-state index in [1.54, 1.807) is 0 Å². The smallest absolute Gasteiger partial charge is 0.0346 e. The van der Waals surface area contributed by atoms with Crippen molar-refractivity contribution in [2.75, 3.05) is 0 Å². The van der Waals surface area contributed by atoms with E-state index in [2.05, 4.69) is 41.9 Å². The van der Waals surface area contributed by atoms with Crippen molar-refractivity contribution in [3.63, 3.8) is 0 Å². The largest absolute Gasteiger partial charge is 0.310 e. The zero-order valence-corrected chi connectivity index (χ0v) is 12.5. The summed E-state index contributed by atoms with van der Waals surface area (Å²) in [6, 6.07) is 9.47. The molecule has 1 aromatic heterocycles. The van der Waals surface area contributed by atoms with Gasteiger partial charge in [0.2, 0.25) is 0 Å². The van der Waals surface area contributed by atoms with Crippen LogP contribution >= 0.6 is 11.3 Å². The number of hydrogen-bond donors (Lipinski definition) is 1. The van der Waals surface area contributed by atoms with Crippen LogP contribution in [0.4, 0.5) is 0 Å². The maximum Gasteiger partial charge on any atom is 0.0346 e. The third-order valence-electron chi connectivity index (χ3n) is 4.40. The molecule has 0 aliphatic heterocycles. The fourth-order valence-corrected chi connectivity index (χ4v) is 4.08. The predicted molar refractivity (Wildman–Crippen MR) is 84.7 cm³/mol. The van der Waals surface area contributed by atoms with Crippen molar-refractivity contribution in [2.24, 2.45) is 5.92 Å². The first-order chi connectivity index (χ1) is 9.33. The lowest BCUT2D eigenvalue weighted by Crippen LogP contribution is -2.27. The van der Waals surface area contributed by atoms with E-state index in [0.29, 0.717) is 0 Å². The lowest BCUT2D eigenvalue weighted by Gasteiger charge is -2.16. The van der Waals surface area contributed by atoms with Crippen LogP contribution in [-0.4, -0.2) is 6.04 Å². The molecule has 0 bridgehead atoms. The molecule has 0 spiro atoms. The van der Waals surface area contributed by atoms with Gasteiger partial charge in [-0.15, -0.1) is 11.3 Å². The Kier molecular flexibility index (Phi) is 4.19. The fourth-order valence-electron chi connectivity index (χ4n) is 3.12. The summed E-state index contributed by atoms with van der Waals surface area (Å²) in [5, 5.41) is 7.53. The normalized spacial score (nSPS) is 24.5. The van der Waals surface area contributed by atoms with Crippen molar-refractivity contribution in [1.82, 2.24) is 5.32 Å². The van der Waals surface area contributed by atoms with E-state index in [1.807, 2.05) is 11.3 Å². The SMILES string of the molecule is CC1CCCC(NCc2csc3ccccc23)CC1. The summed E-state index contributed by atoms with van der Waals surface area (Å²) in [7, 11) is 0. The molecule has 0 amide bonds. The standard InChI is InChI=1S/C17H23NS/c1-13-5-4-6-15(10-9-13)18-11-14-12-19-17-8-3-2-7-16(14)17/h2-3,7-8,12-13,15,18H,4-6,9-11H2,1H3. The van der Waals surface area contributed by atoms with Crippen molar-refractivity contribution < 1.29 is 0 Å². The Morgan fingerprint density at radius 2 is 2.05 bits per heavy atom. The Balaban J connectivity index is 1.62. The van der Waals surface area contributed by atoms with Gasteiger partial charge in [0.1, 0.15) is 0 Å². The van der Waals surface area contributed by atoms with Gasteiger partial charge in [-0.25, -0.2) is 0 Å². The molecule has 1 nitrogen and oxygen atoms in total. The summed E-state index contributed by atoms with van der Waals surface area (Å²) < 4.78 is 1.41. The maximum atomic E-state index is 3.78. The number of nitrogens with one attached hydrogen (secondary N) is 1. The Morgan fingerprint density at radius 1 is 1.16 bits per heavy atom. The van der Waals surface area contributed by atoms with E-state index in [4.69, 9.17) is 0 Å². The lowest BCUT2D eigenvalue weighted by molar-refractivity contribution is 0.448. The van der Waals surface area contributed by atoms with Gasteiger partial charge in [0, 0.05) is 17.3 Å². The molecule has 2 atom stereocenters. The molecule has 1 aliphatic rings. The molecule has 3 rings (SSSR count). The minimum atomic E-state index is 0.726. The highest BCUT2D eigenvalue weighted by Crippen LogP contribution is 2.27. The molecule has 2 aromatic rings. The average molecular weight is 273 g/mol. The topological polar surface area (TPSA) is 12.0 Å². The van der Waals surface area contributed by atoms with Gasteiger partial charge < -0.3 is 5.32 Å². The molecule has 2 heteroatoms. The van der Waals surface area contributed by atoms with E-state index in [-0.39, 0.29) is 0 Å². The first-order valence-corrected chi connectivity index (χ1v) is 8.39. The summed E-state index contributed by atoms with van der Waals surface area (Å²) in [5.74, 6) is 0.925. The Hall–Kier alpha value is -0.860. The van der Waals surface area contributed by atoms with E-state index >= 15 is 0 Å². The number of benzene rings is 1. The molecule has 1 fully saturated rings. The van der Waals surface area contributed by atoms with Crippen LogP contribution in [0, 0.1) is 5.92 Å². The van der Waals surface area contributed by atoms with Crippen molar-refractivity contribution in [1.29, 1.82) is 0 Å². The molecule has 1 N–H and O–H groups in total. The zero-order chi connectivity index (χ0) is 13.1. The van der Waals surface area contributed by atoms with Crippen LogP contribution in [0.5, 0.6) is 0 Å². The van der Waals surface area contributed by atoms with E-state index in [9.17, 15) is 0 Å². The van der Waals surface area contributed by atoms with Gasteiger partial charge in [-0.3, -0.25) is 0 Å². The van der Waals surface area contributed by atoms with Crippen molar-refractivity contribution in [3.8, 4) is 0 Å². The molecule has 1 saturated carbocycles. The highest BCUT2D eigenvalue weighted by molar-refractivity contribution is 7.17. The van der Waals surface area contributed by atoms with Crippen molar-refractivity contribution in [2.45, 2.75) is 51.6 Å². The van der Waals surface area contributed by atoms with Gasteiger partial charge in [0.15, 0.2) is 0 Å². The number of hydrogen-bond acceptors (Lipinski definition) is 2. The van der Waals surface area contributed by atoms with Crippen LogP contribution in [0.1, 0.15) is 44.6 Å². The first kappa shape index (κ1) is 13.1. The first-order valence-electron chi connectivity index (χ1n) is 7.51. The average Bonchev–Trinajstić information content (AvgIpc) is 2.73. The molecule has 19 heavy (non-hydrogen) atoms. The fraction of sp³-hybridized carbons (Fsp3) is 0.529. The minimum absolute atomic E-state index is 0.726. The molecule has 2 unspecified atom stereocenters. The van der Waals surface area contributed by atoms with Crippen LogP contribution < -0.4 is 5.32 Å². The van der Waals surface area contributed by atoms with Crippen molar-refractivity contribution >= 4 is 21.4 Å². The summed E-state index contributed by atoms with van der Waals surface area (Å²) in [4.78, 5) is 0. The molecular weight excluding hydrogens is 250 g/mol. The highest BCUT2D eigenvalue weighted by atomic mass is 32.1. The number of thiophene rings is 1. The third-order valence-corrected chi connectivity index (χ3v) is 5.41. The van der Waals surface area contributed by atoms with E-state index in [0.717, 1.165) is 18.5 Å². The van der Waals surface area contributed by atoms with Gasteiger partial charge in [-0.1, -0.05) is 38.0 Å². The predicted octanol–water partition coefficient (Wildman–Crippen LogP) is 4.96. The molecule has 0 saturated heterocycles. The quantitative estimate of drug-likeness (QED) is 0.779. The van der Waals surface area contributed by atoms with Gasteiger partial charge in [-0.2, -0.15) is 0 Å². The van der Waals surface area contributed by atoms with Crippen molar-refractivity contribution in [3.05, 3.63) is 35.2 Å². The van der Waals surface area contributed by atoms with E-state index < -0.39 is 0 Å². The van der Waals surface area contributed by atoms with Crippen LogP contribution in [0.15, 0.2) is 29.6 Å². The van der Waals surface area contributed by atoms with Gasteiger partial charge in [0.05, 0.1) is 0 Å². The molecular formula is C17H23NS. The second kappa shape index (κ2) is 6.06. The van der Waals surface area contributed by atoms with Crippen LogP contribution in [0.3, 0.4) is 0 Å². The minimum Gasteiger partial charge on any atom is -0.310 e. The Morgan fingerprint density at radius 3 is 3.00 bits per heavy atom. The molecule has 1 aromatic carbocycles. The molecule has 102 valence electrons. The third kappa shape index (κ3) is 3.18. The Bertz CT molecular complexity index is 531. The maximum absolute atomic E-state index is 3.78. The summed E-state index contributed by atoms with van der Waals surface area (Å²) in [6.07, 6.45) is 6.90. The van der Waals surface area contributed by atoms with Crippen LogP contribution in [0.25, 0.3) is 10.1 Å². The highest BCUT2D eigenvalue weighted by Gasteiger charge is 2.16. The lowest BCUT2D eigenvalue weighted by atomic mass is 10.0. The molecule has 1 heterocycles. The summed E-state index contributed by atoms with van der Waals surface area (Å²) >= 11 is 1.87. The van der Waals surface area contributed by atoms with E-state index in [1.165, 1.54) is 47.8 Å². The van der Waals surface area contributed by atoms with Gasteiger partial charge in [0.25, 0.3) is 0 Å². The second-order valence-electron chi connectivity index (χ2n) is 5.95. The number of rotatable bonds is 3. The van der Waals surface area contributed by atoms with Gasteiger partial charge >= 0.3 is 0 Å². The molecule has 0 radical (unpaired) electrons.